The maximum Gasteiger partial charge on any atom is 0.340 e. The number of aromatic nitrogens is 3. The normalized spacial score (nSPS) is 19.7. The van der Waals surface area contributed by atoms with Crippen LogP contribution >= 0.6 is 11.3 Å². The molecule has 0 saturated heterocycles. The second-order valence-electron chi connectivity index (χ2n) is 8.92. The minimum atomic E-state index is -0.628. The van der Waals surface area contributed by atoms with E-state index in [1.807, 2.05) is 19.9 Å². The third kappa shape index (κ3) is 3.20. The van der Waals surface area contributed by atoms with E-state index in [-0.39, 0.29) is 11.5 Å². The molecule has 3 aromatic heterocycles. The van der Waals surface area contributed by atoms with Gasteiger partial charge in [-0.25, -0.2) is 9.78 Å². The highest BCUT2D eigenvalue weighted by Gasteiger charge is 2.30. The van der Waals surface area contributed by atoms with Gasteiger partial charge in [0.15, 0.2) is 11.9 Å². The van der Waals surface area contributed by atoms with Crippen molar-refractivity contribution >= 4 is 27.5 Å². The average molecular weight is 426 g/mol. The summed E-state index contributed by atoms with van der Waals surface area (Å²) in [7, 11) is 0. The van der Waals surface area contributed by atoms with Crippen molar-refractivity contribution in [3.05, 3.63) is 49.6 Å². The van der Waals surface area contributed by atoms with Crippen LogP contribution in [-0.2, 0) is 17.6 Å². The zero-order valence-electron chi connectivity index (χ0n) is 17.9. The smallest absolute Gasteiger partial charge is 0.340 e. The van der Waals surface area contributed by atoms with Gasteiger partial charge in [0.05, 0.1) is 10.9 Å². The van der Waals surface area contributed by atoms with Crippen molar-refractivity contribution in [1.82, 2.24) is 14.5 Å². The molecule has 3 aromatic rings. The quantitative estimate of drug-likeness (QED) is 0.610. The Morgan fingerprint density at radius 2 is 2.10 bits per heavy atom. The highest BCUT2D eigenvalue weighted by molar-refractivity contribution is 7.18. The van der Waals surface area contributed by atoms with Gasteiger partial charge in [0.2, 0.25) is 0 Å². The molecular weight excluding hydrogens is 398 g/mol. The van der Waals surface area contributed by atoms with E-state index >= 15 is 0 Å². The van der Waals surface area contributed by atoms with E-state index in [4.69, 9.17) is 4.74 Å². The predicted octanol–water partition coefficient (Wildman–Crippen LogP) is 4.78. The monoisotopic (exact) mass is 425 g/mol. The minimum absolute atomic E-state index is 0.128. The summed E-state index contributed by atoms with van der Waals surface area (Å²) in [6, 6.07) is 2.41. The number of thiophene rings is 1. The number of H-pyrrole nitrogens is 1. The number of carbonyl (C=O) groups excluding carboxylic acids is 1. The van der Waals surface area contributed by atoms with Crippen LogP contribution in [0, 0.1) is 19.8 Å². The molecule has 0 unspecified atom stereocenters. The SMILES string of the molecule is Cc1cc(C(=O)O[C@@H](C)c2nc3sc4c(c3c(=O)[nH]2)CC[C@@H](C)C4)c(C)n1C1CC1. The molecule has 158 valence electrons. The average Bonchev–Trinajstić information content (AvgIpc) is 3.37. The number of aromatic amines is 1. The second-order valence-corrected chi connectivity index (χ2v) is 10.0. The summed E-state index contributed by atoms with van der Waals surface area (Å²) in [5, 5.41) is 0.720. The van der Waals surface area contributed by atoms with Crippen molar-refractivity contribution in [3.63, 3.8) is 0 Å². The summed E-state index contributed by atoms with van der Waals surface area (Å²) in [6.45, 7) is 8.00. The maximum absolute atomic E-state index is 12.8. The number of hydrogen-bond donors (Lipinski definition) is 1. The number of ether oxygens (including phenoxy) is 1. The van der Waals surface area contributed by atoms with Crippen LogP contribution in [0.15, 0.2) is 10.9 Å². The molecule has 5 rings (SSSR count). The van der Waals surface area contributed by atoms with E-state index in [2.05, 4.69) is 21.5 Å². The topological polar surface area (TPSA) is 77.0 Å². The van der Waals surface area contributed by atoms with Gasteiger partial charge in [-0.2, -0.15) is 0 Å². The van der Waals surface area contributed by atoms with Gasteiger partial charge in [0, 0.05) is 22.3 Å². The third-order valence-corrected chi connectivity index (χ3v) is 7.62. The fourth-order valence-electron chi connectivity index (χ4n) is 4.72. The second kappa shape index (κ2) is 7.08. The molecule has 0 aliphatic heterocycles. The highest BCUT2D eigenvalue weighted by Crippen LogP contribution is 2.39. The minimum Gasteiger partial charge on any atom is -0.451 e. The zero-order valence-corrected chi connectivity index (χ0v) is 18.7. The number of carbonyl (C=O) groups is 1. The molecule has 1 fully saturated rings. The van der Waals surface area contributed by atoms with Crippen LogP contribution in [0.5, 0.6) is 0 Å². The lowest BCUT2D eigenvalue weighted by molar-refractivity contribution is 0.0319. The molecular formula is C23H27N3O3S. The number of nitrogens with zero attached hydrogens (tertiary/aromatic N) is 2. The lowest BCUT2D eigenvalue weighted by Gasteiger charge is -2.17. The van der Waals surface area contributed by atoms with Crippen LogP contribution < -0.4 is 5.56 Å². The van der Waals surface area contributed by atoms with E-state index in [1.54, 1.807) is 18.3 Å². The number of hydrogen-bond acceptors (Lipinski definition) is 5. The lowest BCUT2D eigenvalue weighted by Crippen LogP contribution is -2.18. The van der Waals surface area contributed by atoms with Gasteiger partial charge >= 0.3 is 5.97 Å². The van der Waals surface area contributed by atoms with Crippen molar-refractivity contribution in [2.45, 2.75) is 71.9 Å². The van der Waals surface area contributed by atoms with Gasteiger partial charge in [0.25, 0.3) is 5.56 Å². The molecule has 0 amide bonds. The number of fused-ring (bicyclic) bond motifs is 3. The van der Waals surface area contributed by atoms with Gasteiger partial charge < -0.3 is 14.3 Å². The molecule has 0 aromatic carbocycles. The first-order chi connectivity index (χ1) is 14.3. The summed E-state index contributed by atoms with van der Waals surface area (Å²) in [5.41, 5.74) is 3.66. The first-order valence-electron chi connectivity index (χ1n) is 10.8. The van der Waals surface area contributed by atoms with Crippen LogP contribution in [0.1, 0.15) is 83.3 Å². The van der Waals surface area contributed by atoms with Gasteiger partial charge in [-0.3, -0.25) is 4.79 Å². The lowest BCUT2D eigenvalue weighted by atomic mass is 9.89. The number of aryl methyl sites for hydroxylation is 2. The van der Waals surface area contributed by atoms with Crippen molar-refractivity contribution < 1.29 is 9.53 Å². The molecule has 0 bridgehead atoms. The largest absolute Gasteiger partial charge is 0.451 e. The number of nitrogens with one attached hydrogen (secondary N) is 1. The van der Waals surface area contributed by atoms with E-state index in [9.17, 15) is 9.59 Å². The van der Waals surface area contributed by atoms with E-state index in [0.717, 1.165) is 59.3 Å². The molecule has 1 saturated carbocycles. The number of rotatable bonds is 4. The van der Waals surface area contributed by atoms with E-state index < -0.39 is 6.10 Å². The fourth-order valence-corrected chi connectivity index (χ4v) is 6.11. The first-order valence-corrected chi connectivity index (χ1v) is 11.6. The van der Waals surface area contributed by atoms with Crippen molar-refractivity contribution in [3.8, 4) is 0 Å². The Kier molecular flexibility index (Phi) is 4.61. The Bertz CT molecular complexity index is 1210. The predicted molar refractivity (Wildman–Crippen MR) is 117 cm³/mol. The molecule has 2 atom stereocenters. The molecule has 2 aliphatic rings. The third-order valence-electron chi connectivity index (χ3n) is 6.47. The van der Waals surface area contributed by atoms with Crippen LogP contribution in [0.3, 0.4) is 0 Å². The molecule has 0 spiro atoms. The van der Waals surface area contributed by atoms with Crippen molar-refractivity contribution in [2.24, 2.45) is 5.92 Å². The van der Waals surface area contributed by atoms with Crippen LogP contribution in [0.2, 0.25) is 0 Å². The Morgan fingerprint density at radius 3 is 2.83 bits per heavy atom. The summed E-state index contributed by atoms with van der Waals surface area (Å²) in [6.07, 6.45) is 4.74. The molecule has 30 heavy (non-hydrogen) atoms. The molecule has 0 radical (unpaired) electrons. The molecule has 7 heteroatoms. The molecule has 1 N–H and O–H groups in total. The first kappa shape index (κ1) is 19.5. The van der Waals surface area contributed by atoms with Gasteiger partial charge in [0.1, 0.15) is 4.83 Å². The standard InChI is InChI=1S/C23H27N3O3S/c1-11-5-8-16-18(9-11)30-22-19(16)21(27)24-20(25-22)14(4)29-23(28)17-10-12(2)26(13(17)3)15-6-7-15/h10-11,14-15H,5-9H2,1-4H3,(H,24,25,27)/t11-,14+/m1/s1. The Hall–Kier alpha value is -2.41. The van der Waals surface area contributed by atoms with Gasteiger partial charge in [-0.05, 0) is 70.4 Å². The summed E-state index contributed by atoms with van der Waals surface area (Å²) in [4.78, 5) is 35.2. The van der Waals surface area contributed by atoms with Crippen LogP contribution in [-0.4, -0.2) is 20.5 Å². The Labute approximate surface area is 179 Å². The summed E-state index contributed by atoms with van der Waals surface area (Å²) >= 11 is 1.61. The van der Waals surface area contributed by atoms with Crippen LogP contribution in [0.25, 0.3) is 10.2 Å². The Morgan fingerprint density at radius 1 is 1.33 bits per heavy atom. The van der Waals surface area contributed by atoms with Crippen molar-refractivity contribution in [1.29, 1.82) is 0 Å². The summed E-state index contributed by atoms with van der Waals surface area (Å²) in [5.74, 6) is 0.673. The van der Waals surface area contributed by atoms with E-state index in [0.29, 0.717) is 23.3 Å². The highest BCUT2D eigenvalue weighted by atomic mass is 32.1. The number of esters is 1. The Balaban J connectivity index is 1.42. The summed E-state index contributed by atoms with van der Waals surface area (Å²) < 4.78 is 7.94. The van der Waals surface area contributed by atoms with Gasteiger partial charge in [-0.15, -0.1) is 11.3 Å². The fraction of sp³-hybridized carbons (Fsp3) is 0.522. The van der Waals surface area contributed by atoms with Crippen molar-refractivity contribution in [2.75, 3.05) is 0 Å². The maximum atomic E-state index is 12.8. The molecule has 2 aliphatic carbocycles. The zero-order chi connectivity index (χ0) is 21.2. The van der Waals surface area contributed by atoms with E-state index in [1.165, 1.54) is 4.88 Å². The molecule has 6 nitrogen and oxygen atoms in total. The van der Waals surface area contributed by atoms with Gasteiger partial charge in [-0.1, -0.05) is 6.92 Å². The molecule has 3 heterocycles. The van der Waals surface area contributed by atoms with Crippen LogP contribution in [0.4, 0.5) is 0 Å².